The molecule has 0 saturated carbocycles. The lowest BCUT2D eigenvalue weighted by atomic mass is 10.1. The Balaban J connectivity index is 2.34. The van der Waals surface area contributed by atoms with E-state index < -0.39 is 22.8 Å². The summed E-state index contributed by atoms with van der Waals surface area (Å²) in [5.74, 6) is -2.28. The monoisotopic (exact) mass is 412 g/mol. The Morgan fingerprint density at radius 2 is 1.89 bits per heavy atom. The lowest BCUT2D eigenvalue weighted by Crippen LogP contribution is -2.18. The lowest BCUT2D eigenvalue weighted by molar-refractivity contribution is 0.101. The molecule has 0 aliphatic rings. The maximum absolute atomic E-state index is 14.0. The molecular weight excluding hydrogens is 401 g/mol. The Labute approximate surface area is 161 Å². The summed E-state index contributed by atoms with van der Waals surface area (Å²) in [5, 5.41) is 2.80. The van der Waals surface area contributed by atoms with Gasteiger partial charge >= 0.3 is 0 Å². The standard InChI is InChI=1S/C18H12Cl2F2N2O3/c1-7(25)13-16(26)14-15(9(19)6-10(20)17(14)27-2)24-18(13)23-12-4-3-8(21)5-11(12)22/h3-6H,1-2H3,(H2,23,24,26). The van der Waals surface area contributed by atoms with Crippen LogP contribution in [0.4, 0.5) is 20.3 Å². The van der Waals surface area contributed by atoms with Gasteiger partial charge in [-0.3, -0.25) is 9.59 Å². The fourth-order valence-electron chi connectivity index (χ4n) is 2.72. The molecule has 0 spiro atoms. The highest BCUT2D eigenvalue weighted by molar-refractivity contribution is 6.39. The van der Waals surface area contributed by atoms with Crippen molar-refractivity contribution >= 4 is 51.4 Å². The molecule has 2 N–H and O–H groups in total. The number of H-pyrrole nitrogens is 1. The zero-order valence-corrected chi connectivity index (χ0v) is 15.6. The third kappa shape index (κ3) is 3.36. The SMILES string of the molecule is COc1c(Cl)cc(Cl)c2[nH]c(Nc3ccc(F)cc3F)c(C(C)=O)c(=O)c12. The maximum Gasteiger partial charge on any atom is 0.206 e. The van der Waals surface area contributed by atoms with Crippen molar-refractivity contribution in [2.24, 2.45) is 0 Å². The Morgan fingerprint density at radius 1 is 1.19 bits per heavy atom. The third-order valence-electron chi connectivity index (χ3n) is 3.89. The Hall–Kier alpha value is -2.64. The molecule has 3 rings (SSSR count). The summed E-state index contributed by atoms with van der Waals surface area (Å²) in [4.78, 5) is 27.9. The molecule has 0 atom stereocenters. The smallest absolute Gasteiger partial charge is 0.206 e. The Kier molecular flexibility index (Phi) is 5.08. The highest BCUT2D eigenvalue weighted by Crippen LogP contribution is 2.37. The number of hydrogen-bond acceptors (Lipinski definition) is 4. The summed E-state index contributed by atoms with van der Waals surface area (Å²) in [5.41, 5.74) is -0.950. The van der Waals surface area contributed by atoms with Crippen LogP contribution < -0.4 is 15.5 Å². The molecular formula is C18H12Cl2F2N2O3. The molecule has 0 unspecified atom stereocenters. The van der Waals surface area contributed by atoms with Crippen molar-refractivity contribution in [2.75, 3.05) is 12.4 Å². The van der Waals surface area contributed by atoms with Crippen molar-refractivity contribution in [1.29, 1.82) is 0 Å². The van der Waals surface area contributed by atoms with E-state index in [1.54, 1.807) is 0 Å². The minimum absolute atomic E-state index is 0.00896. The molecule has 0 aliphatic carbocycles. The number of Topliss-reactive ketones (excluding diaryl/α,β-unsaturated/α-hetero) is 1. The number of pyridine rings is 1. The zero-order valence-electron chi connectivity index (χ0n) is 14.0. The largest absolute Gasteiger partial charge is 0.494 e. The van der Waals surface area contributed by atoms with Crippen LogP contribution >= 0.6 is 23.2 Å². The number of ketones is 1. The molecule has 0 saturated heterocycles. The summed E-state index contributed by atoms with van der Waals surface area (Å²) in [6.07, 6.45) is 0. The molecule has 0 amide bonds. The number of fused-ring (bicyclic) bond motifs is 1. The normalized spacial score (nSPS) is 10.9. The first-order valence-electron chi connectivity index (χ1n) is 7.59. The van der Waals surface area contributed by atoms with Gasteiger partial charge in [-0.25, -0.2) is 8.78 Å². The number of rotatable bonds is 4. The molecule has 0 bridgehead atoms. The van der Waals surface area contributed by atoms with Gasteiger partial charge in [-0.1, -0.05) is 23.2 Å². The number of benzene rings is 2. The van der Waals surface area contributed by atoms with Gasteiger partial charge in [-0.2, -0.15) is 0 Å². The Bertz CT molecular complexity index is 1150. The van der Waals surface area contributed by atoms with Gasteiger partial charge in [-0.15, -0.1) is 0 Å². The Morgan fingerprint density at radius 3 is 2.48 bits per heavy atom. The number of aromatic amines is 1. The summed E-state index contributed by atoms with van der Waals surface area (Å²) in [6, 6.07) is 4.22. The van der Waals surface area contributed by atoms with Gasteiger partial charge < -0.3 is 15.0 Å². The first kappa shape index (κ1) is 19.1. The van der Waals surface area contributed by atoms with E-state index in [1.807, 2.05) is 0 Å². The number of carbonyl (C=O) groups is 1. The molecule has 3 aromatic rings. The number of anilines is 2. The van der Waals surface area contributed by atoms with Crippen LogP contribution in [0.1, 0.15) is 17.3 Å². The molecule has 9 heteroatoms. The van der Waals surface area contributed by atoms with E-state index in [4.69, 9.17) is 27.9 Å². The fraction of sp³-hybridized carbons (Fsp3) is 0.111. The van der Waals surface area contributed by atoms with E-state index in [2.05, 4.69) is 10.3 Å². The van der Waals surface area contributed by atoms with Crippen LogP contribution in [0.15, 0.2) is 29.1 Å². The predicted molar refractivity (Wildman–Crippen MR) is 101 cm³/mol. The second-order valence-electron chi connectivity index (χ2n) is 5.63. The lowest BCUT2D eigenvalue weighted by Gasteiger charge is -2.15. The van der Waals surface area contributed by atoms with Crippen LogP contribution in [-0.4, -0.2) is 17.9 Å². The zero-order chi connectivity index (χ0) is 19.9. The van der Waals surface area contributed by atoms with Crippen LogP contribution in [0.25, 0.3) is 10.9 Å². The van der Waals surface area contributed by atoms with Crippen LogP contribution in [-0.2, 0) is 0 Å². The van der Waals surface area contributed by atoms with Gasteiger partial charge in [0, 0.05) is 6.07 Å². The molecule has 27 heavy (non-hydrogen) atoms. The third-order valence-corrected chi connectivity index (χ3v) is 4.47. The quantitative estimate of drug-likeness (QED) is 0.586. The molecule has 1 aromatic heterocycles. The average Bonchev–Trinajstić information content (AvgIpc) is 2.58. The van der Waals surface area contributed by atoms with Crippen molar-refractivity contribution in [1.82, 2.24) is 4.98 Å². The molecule has 140 valence electrons. The molecule has 0 fully saturated rings. The van der Waals surface area contributed by atoms with E-state index >= 15 is 0 Å². The van der Waals surface area contributed by atoms with Crippen molar-refractivity contribution in [3.8, 4) is 5.75 Å². The summed E-state index contributed by atoms with van der Waals surface area (Å²) >= 11 is 12.2. The van der Waals surface area contributed by atoms with E-state index in [0.29, 0.717) is 6.07 Å². The highest BCUT2D eigenvalue weighted by Gasteiger charge is 2.22. The molecule has 0 radical (unpaired) electrons. The van der Waals surface area contributed by atoms with Gasteiger partial charge in [0.15, 0.2) is 11.5 Å². The van der Waals surface area contributed by atoms with Gasteiger partial charge in [0.1, 0.15) is 23.0 Å². The van der Waals surface area contributed by atoms with Crippen LogP contribution in [0.5, 0.6) is 5.75 Å². The summed E-state index contributed by atoms with van der Waals surface area (Å²) < 4.78 is 32.3. The molecule has 2 aromatic carbocycles. The second-order valence-corrected chi connectivity index (χ2v) is 6.45. The van der Waals surface area contributed by atoms with Crippen LogP contribution in [0.2, 0.25) is 10.0 Å². The van der Waals surface area contributed by atoms with Gasteiger partial charge in [0.05, 0.1) is 33.7 Å². The fourth-order valence-corrected chi connectivity index (χ4v) is 3.31. The number of halogens is 4. The minimum Gasteiger partial charge on any atom is -0.494 e. The van der Waals surface area contributed by atoms with E-state index in [1.165, 1.54) is 20.1 Å². The maximum atomic E-state index is 14.0. The van der Waals surface area contributed by atoms with E-state index in [-0.39, 0.29) is 43.8 Å². The van der Waals surface area contributed by atoms with E-state index in [0.717, 1.165) is 12.1 Å². The van der Waals surface area contributed by atoms with E-state index in [9.17, 15) is 18.4 Å². The summed E-state index contributed by atoms with van der Waals surface area (Å²) in [7, 11) is 1.32. The van der Waals surface area contributed by atoms with Crippen molar-refractivity contribution in [2.45, 2.75) is 6.92 Å². The second kappa shape index (κ2) is 7.17. The number of hydrogen-bond donors (Lipinski definition) is 2. The van der Waals surface area contributed by atoms with Gasteiger partial charge in [-0.05, 0) is 25.1 Å². The molecule has 0 aliphatic heterocycles. The number of nitrogens with one attached hydrogen (secondary N) is 2. The minimum atomic E-state index is -0.898. The van der Waals surface area contributed by atoms with Crippen LogP contribution in [0, 0.1) is 11.6 Å². The first-order valence-corrected chi connectivity index (χ1v) is 8.35. The first-order chi connectivity index (χ1) is 12.7. The van der Waals surface area contributed by atoms with Crippen molar-refractivity contribution < 1.29 is 18.3 Å². The number of aromatic nitrogens is 1. The topological polar surface area (TPSA) is 71.2 Å². The van der Waals surface area contributed by atoms with Crippen LogP contribution in [0.3, 0.4) is 0 Å². The van der Waals surface area contributed by atoms with Crippen molar-refractivity contribution in [3.63, 3.8) is 0 Å². The average molecular weight is 413 g/mol. The number of carbonyl (C=O) groups excluding carboxylic acids is 1. The van der Waals surface area contributed by atoms with Gasteiger partial charge in [0.25, 0.3) is 0 Å². The van der Waals surface area contributed by atoms with Crippen molar-refractivity contribution in [3.05, 3.63) is 61.7 Å². The molecule has 1 heterocycles. The number of methoxy groups -OCH3 is 1. The number of ether oxygens (including phenoxy) is 1. The highest BCUT2D eigenvalue weighted by atomic mass is 35.5. The van der Waals surface area contributed by atoms with Gasteiger partial charge in [0.2, 0.25) is 5.43 Å². The predicted octanol–water partition coefficient (Wildman–Crippen LogP) is 5.07. The molecule has 5 nitrogen and oxygen atoms in total. The summed E-state index contributed by atoms with van der Waals surface area (Å²) in [6.45, 7) is 1.18.